The number of hydrogen-bond acceptors (Lipinski definition) is 3. The molecule has 0 saturated heterocycles. The zero-order valence-corrected chi connectivity index (χ0v) is 18.9. The molecule has 4 nitrogen and oxygen atoms in total. The standard InChI is InChI=1S/C25H26FNO3Si/c1-18-9-11-19(12-10-18)23(17-27(29)30)24(20-13-15-21(26)16-14-20)25(28)31(2,3)22-7-5-4-6-8-22/h4-16,23-24H,17H2,1-3H3/t23-,24+/m0/s1. The van der Waals surface area contributed by atoms with Crippen molar-refractivity contribution >= 4 is 18.7 Å². The van der Waals surface area contributed by atoms with Crippen molar-refractivity contribution in [2.24, 2.45) is 0 Å². The molecule has 2 atom stereocenters. The summed E-state index contributed by atoms with van der Waals surface area (Å²) in [6.45, 7) is 5.51. The molecule has 0 heterocycles. The van der Waals surface area contributed by atoms with E-state index in [2.05, 4.69) is 0 Å². The second-order valence-electron chi connectivity index (χ2n) is 8.42. The smallest absolute Gasteiger partial charge is 0.211 e. The van der Waals surface area contributed by atoms with E-state index in [-0.39, 0.29) is 16.9 Å². The van der Waals surface area contributed by atoms with Crippen molar-refractivity contribution in [3.8, 4) is 0 Å². The highest BCUT2D eigenvalue weighted by Gasteiger charge is 2.43. The summed E-state index contributed by atoms with van der Waals surface area (Å²) in [5.74, 6) is -1.80. The van der Waals surface area contributed by atoms with Gasteiger partial charge in [-0.15, -0.1) is 0 Å². The Morgan fingerprint density at radius 1 is 0.935 bits per heavy atom. The van der Waals surface area contributed by atoms with Crippen LogP contribution in [0.2, 0.25) is 13.1 Å². The molecular formula is C25H26FNO3Si. The molecule has 31 heavy (non-hydrogen) atoms. The molecule has 0 amide bonds. The predicted molar refractivity (Wildman–Crippen MR) is 123 cm³/mol. The topological polar surface area (TPSA) is 60.2 Å². The fourth-order valence-corrected chi connectivity index (χ4v) is 6.46. The lowest BCUT2D eigenvalue weighted by Gasteiger charge is -2.31. The average Bonchev–Trinajstić information content (AvgIpc) is 2.75. The highest BCUT2D eigenvalue weighted by atomic mass is 28.3. The van der Waals surface area contributed by atoms with Gasteiger partial charge >= 0.3 is 0 Å². The van der Waals surface area contributed by atoms with Gasteiger partial charge in [-0.05, 0) is 30.2 Å². The van der Waals surface area contributed by atoms with Crippen LogP contribution in [0.1, 0.15) is 28.5 Å². The number of nitrogens with zero attached hydrogens (tertiary/aromatic N) is 1. The summed E-state index contributed by atoms with van der Waals surface area (Å²) >= 11 is 0. The van der Waals surface area contributed by atoms with Crippen molar-refractivity contribution in [2.75, 3.05) is 6.54 Å². The van der Waals surface area contributed by atoms with Gasteiger partial charge in [-0.2, -0.15) is 0 Å². The quantitative estimate of drug-likeness (QED) is 0.284. The van der Waals surface area contributed by atoms with Crippen LogP contribution in [-0.4, -0.2) is 24.9 Å². The maximum atomic E-state index is 14.1. The zero-order chi connectivity index (χ0) is 22.6. The molecule has 0 bridgehead atoms. The lowest BCUT2D eigenvalue weighted by Crippen LogP contribution is -2.53. The Labute approximate surface area is 182 Å². The van der Waals surface area contributed by atoms with Crippen molar-refractivity contribution in [1.29, 1.82) is 0 Å². The summed E-state index contributed by atoms with van der Waals surface area (Å²) in [5.41, 5.74) is 2.38. The van der Waals surface area contributed by atoms with E-state index < -0.39 is 25.7 Å². The molecule has 160 valence electrons. The van der Waals surface area contributed by atoms with Crippen LogP contribution in [-0.2, 0) is 4.79 Å². The predicted octanol–water partition coefficient (Wildman–Crippen LogP) is 5.00. The largest absolute Gasteiger partial charge is 0.304 e. The van der Waals surface area contributed by atoms with Gasteiger partial charge in [-0.25, -0.2) is 4.39 Å². The maximum Gasteiger partial charge on any atom is 0.211 e. The molecule has 0 fully saturated rings. The number of hydrogen-bond donors (Lipinski definition) is 0. The minimum absolute atomic E-state index is 0.00210. The second-order valence-corrected chi connectivity index (χ2v) is 12.7. The minimum atomic E-state index is -2.66. The van der Waals surface area contributed by atoms with Crippen LogP contribution in [0.4, 0.5) is 4.39 Å². The minimum Gasteiger partial charge on any atom is -0.304 e. The third-order valence-corrected chi connectivity index (χ3v) is 9.20. The van der Waals surface area contributed by atoms with Gasteiger partial charge in [0.25, 0.3) is 0 Å². The molecule has 0 N–H and O–H groups in total. The molecule has 3 rings (SSSR count). The van der Waals surface area contributed by atoms with Gasteiger partial charge in [0.1, 0.15) is 11.2 Å². The molecule has 0 aliphatic carbocycles. The summed E-state index contributed by atoms with van der Waals surface area (Å²) in [4.78, 5) is 25.3. The first kappa shape index (κ1) is 22.6. The highest BCUT2D eigenvalue weighted by Crippen LogP contribution is 2.37. The highest BCUT2D eigenvalue weighted by molar-refractivity contribution is 7.13. The summed E-state index contributed by atoms with van der Waals surface area (Å²) < 4.78 is 13.6. The van der Waals surface area contributed by atoms with Crippen molar-refractivity contribution in [1.82, 2.24) is 0 Å². The van der Waals surface area contributed by atoms with Gasteiger partial charge < -0.3 is 4.79 Å². The van der Waals surface area contributed by atoms with E-state index in [1.807, 2.05) is 74.6 Å². The normalized spacial score (nSPS) is 13.4. The Morgan fingerprint density at radius 2 is 1.48 bits per heavy atom. The van der Waals surface area contributed by atoms with Crippen LogP contribution < -0.4 is 5.19 Å². The van der Waals surface area contributed by atoms with Crippen LogP contribution in [0, 0.1) is 22.9 Å². The average molecular weight is 436 g/mol. The SMILES string of the molecule is Cc1ccc([C@H](C[N+](=O)[O-])[C@H](C(=O)[Si](C)(C)c2ccccc2)c2ccc(F)cc2)cc1. The first-order valence-electron chi connectivity index (χ1n) is 10.2. The van der Waals surface area contributed by atoms with Gasteiger partial charge in [-0.3, -0.25) is 10.1 Å². The number of rotatable bonds is 8. The Balaban J connectivity index is 2.16. The fourth-order valence-electron chi connectivity index (χ4n) is 4.00. The van der Waals surface area contributed by atoms with E-state index >= 15 is 0 Å². The van der Waals surface area contributed by atoms with Gasteiger partial charge in [0.15, 0.2) is 8.07 Å². The van der Waals surface area contributed by atoms with Gasteiger partial charge in [0, 0.05) is 4.92 Å². The lowest BCUT2D eigenvalue weighted by atomic mass is 9.82. The molecule has 3 aromatic carbocycles. The molecule has 6 heteroatoms. The third kappa shape index (κ3) is 5.14. The first-order chi connectivity index (χ1) is 14.7. The molecule has 0 saturated carbocycles. The first-order valence-corrected chi connectivity index (χ1v) is 13.2. The molecule has 0 aliphatic rings. The number of carbonyl (C=O) groups excluding carboxylic acids is 1. The van der Waals surface area contributed by atoms with E-state index in [0.717, 1.165) is 16.3 Å². The van der Waals surface area contributed by atoms with E-state index in [1.165, 1.54) is 12.1 Å². The van der Waals surface area contributed by atoms with Gasteiger partial charge in [0.05, 0.1) is 11.8 Å². The zero-order valence-electron chi connectivity index (χ0n) is 17.9. The van der Waals surface area contributed by atoms with Crippen molar-refractivity contribution in [3.05, 3.63) is 111 Å². The monoisotopic (exact) mass is 435 g/mol. The third-order valence-electron chi connectivity index (χ3n) is 5.88. The second kappa shape index (κ2) is 9.35. The van der Waals surface area contributed by atoms with Gasteiger partial charge in [0.2, 0.25) is 6.54 Å². The molecule has 3 aromatic rings. The van der Waals surface area contributed by atoms with Crippen molar-refractivity contribution in [3.63, 3.8) is 0 Å². The van der Waals surface area contributed by atoms with Crippen LogP contribution in [0.5, 0.6) is 0 Å². The summed E-state index contributed by atoms with van der Waals surface area (Å²) in [6.07, 6.45) is 0. The van der Waals surface area contributed by atoms with Crippen LogP contribution in [0.25, 0.3) is 0 Å². The van der Waals surface area contributed by atoms with Crippen LogP contribution in [0.3, 0.4) is 0 Å². The Morgan fingerprint density at radius 3 is 2.03 bits per heavy atom. The Hall–Kier alpha value is -3.12. The number of nitro groups is 1. The number of aryl methyl sites for hydroxylation is 1. The summed E-state index contributed by atoms with van der Waals surface area (Å²) in [6, 6.07) is 22.9. The van der Waals surface area contributed by atoms with E-state index in [1.54, 1.807) is 12.1 Å². The van der Waals surface area contributed by atoms with E-state index in [0.29, 0.717) is 5.56 Å². The van der Waals surface area contributed by atoms with Gasteiger partial charge in [-0.1, -0.05) is 90.6 Å². The molecule has 0 spiro atoms. The molecule has 0 aliphatic heterocycles. The van der Waals surface area contributed by atoms with E-state index in [9.17, 15) is 19.3 Å². The number of carbonyl (C=O) groups is 1. The van der Waals surface area contributed by atoms with Crippen molar-refractivity contribution < 1.29 is 14.1 Å². The maximum absolute atomic E-state index is 14.1. The molecule has 0 unspecified atom stereocenters. The molecular weight excluding hydrogens is 409 g/mol. The van der Waals surface area contributed by atoms with Crippen LogP contribution in [0.15, 0.2) is 78.9 Å². The molecule has 0 radical (unpaired) electrons. The van der Waals surface area contributed by atoms with Crippen molar-refractivity contribution in [2.45, 2.75) is 31.9 Å². The Kier molecular flexibility index (Phi) is 6.80. The lowest BCUT2D eigenvalue weighted by molar-refractivity contribution is -0.483. The number of benzene rings is 3. The summed E-state index contributed by atoms with van der Waals surface area (Å²) in [5, 5.41) is 12.6. The molecule has 0 aromatic heterocycles. The summed E-state index contributed by atoms with van der Waals surface area (Å²) in [7, 11) is -2.66. The number of halogens is 1. The van der Waals surface area contributed by atoms with Crippen LogP contribution >= 0.6 is 0 Å². The Bertz CT molecular complexity index is 1050. The fraction of sp³-hybridized carbons (Fsp3) is 0.240. The van der Waals surface area contributed by atoms with E-state index in [4.69, 9.17) is 0 Å².